The minimum Gasteiger partial charge on any atom is -0.354 e. The van der Waals surface area contributed by atoms with Gasteiger partial charge in [-0.3, -0.25) is 5.41 Å². The fourth-order valence-corrected chi connectivity index (χ4v) is 9.61. The predicted molar refractivity (Wildman–Crippen MR) is 261 cm³/mol. The average Bonchev–Trinajstić information content (AvgIpc) is 3.74. The molecule has 0 saturated carbocycles. The van der Waals surface area contributed by atoms with Crippen LogP contribution in [0.5, 0.6) is 0 Å². The molecule has 62 heavy (non-hydrogen) atoms. The SMILES string of the molecule is N=C(/C(=C1\NC(c2ccccc2)=Cc2ccccc21)c1ccccc1)c1ccc(-c2cc(-c3ccccc3)nc(-c3ccc(-c4cccc5sc6ccccc6c45)cc3)n2)cc1. The van der Waals surface area contributed by atoms with E-state index in [2.05, 4.69) is 169 Å². The first-order chi connectivity index (χ1) is 30.6. The number of nitrogens with one attached hydrogen (secondary N) is 2. The third-order valence-corrected chi connectivity index (χ3v) is 12.7. The van der Waals surface area contributed by atoms with Crippen LogP contribution in [0, 0.1) is 5.41 Å². The third kappa shape index (κ3) is 6.90. The maximum atomic E-state index is 9.85. The molecule has 1 aliphatic rings. The van der Waals surface area contributed by atoms with Gasteiger partial charge in [0, 0.05) is 59.3 Å². The van der Waals surface area contributed by atoms with Crippen LogP contribution in [0.4, 0.5) is 0 Å². The van der Waals surface area contributed by atoms with Gasteiger partial charge < -0.3 is 5.32 Å². The van der Waals surface area contributed by atoms with Crippen molar-refractivity contribution in [3.8, 4) is 45.0 Å². The Morgan fingerprint density at radius 1 is 0.452 bits per heavy atom. The van der Waals surface area contributed by atoms with Crippen LogP contribution in [0.2, 0.25) is 0 Å². The van der Waals surface area contributed by atoms with Gasteiger partial charge in [-0.1, -0.05) is 194 Å². The number of aromatic nitrogens is 2. The lowest BCUT2D eigenvalue weighted by Gasteiger charge is -2.26. The summed E-state index contributed by atoms with van der Waals surface area (Å²) in [6.45, 7) is 0. The fraction of sp³-hybridized carbons (Fsp3) is 0. The lowest BCUT2D eigenvalue weighted by Crippen LogP contribution is -2.20. The van der Waals surface area contributed by atoms with Crippen molar-refractivity contribution in [2.24, 2.45) is 0 Å². The standard InChI is InChI=1S/C57H38N4S/c58-55(53(41-19-8-3-9-20-41)56-46-22-11-10-21-44(46)35-48(59-56)38-15-4-1-5-16-38)42-31-29-40(30-32-42)50-36-49(39-17-6-2-7-18-39)60-57(61-50)43-33-27-37(28-34-43)45-24-14-26-52-54(45)47-23-12-13-25-51(47)62-52/h1-36,58-59H/b56-53-,58-55?. The quantitative estimate of drug-likeness (QED) is 0.150. The van der Waals surface area contributed by atoms with E-state index in [0.29, 0.717) is 11.5 Å². The lowest BCUT2D eigenvalue weighted by molar-refractivity contribution is 1.18. The van der Waals surface area contributed by atoms with E-state index < -0.39 is 0 Å². The first kappa shape index (κ1) is 37.0. The molecular formula is C57H38N4S. The minimum atomic E-state index is 0.425. The Labute approximate surface area is 364 Å². The summed E-state index contributed by atoms with van der Waals surface area (Å²) in [5.41, 5.74) is 15.1. The molecule has 2 aromatic heterocycles. The molecule has 10 aromatic rings. The Hall–Kier alpha value is -7.99. The highest BCUT2D eigenvalue weighted by Gasteiger charge is 2.24. The van der Waals surface area contributed by atoms with Gasteiger partial charge in [0.1, 0.15) is 0 Å². The van der Waals surface area contributed by atoms with E-state index in [4.69, 9.17) is 9.97 Å². The Morgan fingerprint density at radius 2 is 1.02 bits per heavy atom. The molecular weight excluding hydrogens is 773 g/mol. The summed E-state index contributed by atoms with van der Waals surface area (Å²) in [6.07, 6.45) is 2.19. The number of hydrogen-bond donors (Lipinski definition) is 2. The molecule has 8 aromatic carbocycles. The van der Waals surface area contributed by atoms with Crippen molar-refractivity contribution in [1.29, 1.82) is 5.41 Å². The number of benzene rings is 8. The third-order valence-electron chi connectivity index (χ3n) is 11.6. The maximum absolute atomic E-state index is 9.85. The summed E-state index contributed by atoms with van der Waals surface area (Å²) >= 11 is 1.84. The normalized spacial score (nSPS) is 13.0. The number of allylic oxidation sites excluding steroid dienone is 1. The van der Waals surface area contributed by atoms with E-state index >= 15 is 0 Å². The zero-order valence-electron chi connectivity index (χ0n) is 33.6. The molecule has 0 saturated heterocycles. The van der Waals surface area contributed by atoms with Crippen molar-refractivity contribution in [3.63, 3.8) is 0 Å². The van der Waals surface area contributed by atoms with Gasteiger partial charge in [0.15, 0.2) is 5.82 Å². The minimum absolute atomic E-state index is 0.425. The van der Waals surface area contributed by atoms with Crippen molar-refractivity contribution >= 4 is 60.3 Å². The van der Waals surface area contributed by atoms with E-state index in [1.807, 2.05) is 65.9 Å². The zero-order valence-corrected chi connectivity index (χ0v) is 34.4. The monoisotopic (exact) mass is 810 g/mol. The van der Waals surface area contributed by atoms with Crippen molar-refractivity contribution in [2.75, 3.05) is 0 Å². The van der Waals surface area contributed by atoms with E-state index in [-0.39, 0.29) is 0 Å². The summed E-state index contributed by atoms with van der Waals surface area (Å²) in [7, 11) is 0. The maximum Gasteiger partial charge on any atom is 0.160 e. The van der Waals surface area contributed by atoms with Gasteiger partial charge in [-0.25, -0.2) is 9.97 Å². The number of fused-ring (bicyclic) bond motifs is 4. The number of hydrogen-bond acceptors (Lipinski definition) is 5. The average molecular weight is 811 g/mol. The van der Waals surface area contributed by atoms with Crippen molar-refractivity contribution in [2.45, 2.75) is 0 Å². The van der Waals surface area contributed by atoms with Crippen LogP contribution in [0.15, 0.2) is 212 Å². The molecule has 0 atom stereocenters. The number of rotatable bonds is 8. The van der Waals surface area contributed by atoms with Crippen molar-refractivity contribution < 1.29 is 0 Å². The predicted octanol–water partition coefficient (Wildman–Crippen LogP) is 14.6. The Bertz CT molecular complexity index is 3350. The largest absolute Gasteiger partial charge is 0.354 e. The second kappa shape index (κ2) is 15.9. The highest BCUT2D eigenvalue weighted by Crippen LogP contribution is 2.41. The topological polar surface area (TPSA) is 61.7 Å². The second-order valence-electron chi connectivity index (χ2n) is 15.4. The molecule has 4 nitrogen and oxygen atoms in total. The van der Waals surface area contributed by atoms with Crippen LogP contribution in [-0.2, 0) is 0 Å². The lowest BCUT2D eigenvalue weighted by atomic mass is 9.88. The van der Waals surface area contributed by atoms with Crippen molar-refractivity contribution in [1.82, 2.24) is 15.3 Å². The Balaban J connectivity index is 0.973. The number of nitrogens with zero attached hydrogens (tertiary/aromatic N) is 2. The molecule has 2 N–H and O–H groups in total. The van der Waals surface area contributed by atoms with Crippen LogP contribution in [0.25, 0.3) is 88.2 Å². The molecule has 0 fully saturated rings. The van der Waals surface area contributed by atoms with Crippen LogP contribution >= 0.6 is 11.3 Å². The van der Waals surface area contributed by atoms with E-state index in [9.17, 15) is 5.41 Å². The van der Waals surface area contributed by atoms with Crippen molar-refractivity contribution in [3.05, 3.63) is 240 Å². The first-order valence-electron chi connectivity index (χ1n) is 20.7. The zero-order chi connectivity index (χ0) is 41.4. The molecule has 0 bridgehead atoms. The summed E-state index contributed by atoms with van der Waals surface area (Å²) in [5.74, 6) is 0.657. The van der Waals surface area contributed by atoms with Crippen LogP contribution in [0.3, 0.4) is 0 Å². The Morgan fingerprint density at radius 3 is 1.76 bits per heavy atom. The summed E-state index contributed by atoms with van der Waals surface area (Å²) < 4.78 is 2.58. The molecule has 5 heteroatoms. The van der Waals surface area contributed by atoms with Crippen LogP contribution in [-0.4, -0.2) is 15.7 Å². The summed E-state index contributed by atoms with van der Waals surface area (Å²) in [6, 6.07) is 73.4. The molecule has 0 spiro atoms. The Kier molecular flexibility index (Phi) is 9.49. The van der Waals surface area contributed by atoms with Crippen LogP contribution in [0.1, 0.15) is 27.8 Å². The van der Waals surface area contributed by atoms with Gasteiger partial charge in [0.05, 0.1) is 22.8 Å². The molecule has 0 radical (unpaired) electrons. The van der Waals surface area contributed by atoms with Gasteiger partial charge in [-0.05, 0) is 52.1 Å². The molecule has 292 valence electrons. The molecule has 1 aliphatic heterocycles. The first-order valence-corrected chi connectivity index (χ1v) is 21.5. The molecule has 11 rings (SSSR count). The fourth-order valence-electron chi connectivity index (χ4n) is 8.48. The molecule has 3 heterocycles. The smallest absolute Gasteiger partial charge is 0.160 e. The van der Waals surface area contributed by atoms with Crippen LogP contribution < -0.4 is 5.32 Å². The molecule has 0 unspecified atom stereocenters. The van der Waals surface area contributed by atoms with Gasteiger partial charge >= 0.3 is 0 Å². The number of thiophene rings is 1. The van der Waals surface area contributed by atoms with Gasteiger partial charge in [-0.15, -0.1) is 11.3 Å². The summed E-state index contributed by atoms with van der Waals surface area (Å²) in [4.78, 5) is 10.3. The summed E-state index contributed by atoms with van der Waals surface area (Å²) in [5, 5.41) is 16.2. The van der Waals surface area contributed by atoms with Gasteiger partial charge in [0.25, 0.3) is 0 Å². The van der Waals surface area contributed by atoms with Gasteiger partial charge in [0.2, 0.25) is 0 Å². The second-order valence-corrected chi connectivity index (χ2v) is 16.5. The van der Waals surface area contributed by atoms with E-state index in [1.165, 1.54) is 25.7 Å². The van der Waals surface area contributed by atoms with E-state index in [1.54, 1.807) is 0 Å². The highest BCUT2D eigenvalue weighted by atomic mass is 32.1. The van der Waals surface area contributed by atoms with Gasteiger partial charge in [-0.2, -0.15) is 0 Å². The highest BCUT2D eigenvalue weighted by molar-refractivity contribution is 7.25. The van der Waals surface area contributed by atoms with E-state index in [0.717, 1.165) is 78.4 Å². The molecule has 0 amide bonds. The molecule has 0 aliphatic carbocycles.